The van der Waals surface area contributed by atoms with Gasteiger partial charge in [0.05, 0.1) is 5.75 Å². The van der Waals surface area contributed by atoms with Crippen LogP contribution in [0.1, 0.15) is 18.3 Å². The summed E-state index contributed by atoms with van der Waals surface area (Å²) in [6, 6.07) is 15.6. The highest BCUT2D eigenvalue weighted by Crippen LogP contribution is 2.17. The van der Waals surface area contributed by atoms with Gasteiger partial charge in [-0.3, -0.25) is 9.89 Å². The van der Waals surface area contributed by atoms with Crippen molar-refractivity contribution in [2.45, 2.75) is 25.1 Å². The van der Waals surface area contributed by atoms with E-state index in [1.807, 2.05) is 48.5 Å². The van der Waals surface area contributed by atoms with Crippen molar-refractivity contribution in [1.29, 1.82) is 0 Å². The van der Waals surface area contributed by atoms with Crippen molar-refractivity contribution >= 4 is 45.9 Å². The van der Waals surface area contributed by atoms with E-state index < -0.39 is 0 Å². The number of nitrogens with one attached hydrogen (secondary N) is 2. The highest BCUT2D eigenvalue weighted by molar-refractivity contribution is 14.1. The lowest BCUT2D eigenvalue weighted by Crippen LogP contribution is -2.14. The quantitative estimate of drug-likeness (QED) is 0.361. The number of thioether (sulfide) groups is 1. The minimum atomic E-state index is -0.0974. The molecule has 2 aromatic carbocycles. The second-order valence-electron chi connectivity index (χ2n) is 5.69. The summed E-state index contributed by atoms with van der Waals surface area (Å²) in [7, 11) is 0. The fraction of sp³-hybridized carbons (Fsp3) is 0.211. The van der Waals surface area contributed by atoms with Crippen molar-refractivity contribution in [3.8, 4) is 5.75 Å². The Bertz CT molecular complexity index is 881. The highest BCUT2D eigenvalue weighted by atomic mass is 127. The Morgan fingerprint density at radius 2 is 1.93 bits per heavy atom. The van der Waals surface area contributed by atoms with Gasteiger partial charge in [-0.2, -0.15) is 0 Å². The first-order chi connectivity index (χ1) is 13.1. The molecule has 140 valence electrons. The second kappa shape index (κ2) is 9.75. The molecule has 0 aliphatic rings. The number of H-pyrrole nitrogens is 1. The number of carbonyl (C=O) groups is 1. The largest absolute Gasteiger partial charge is 0.486 e. The van der Waals surface area contributed by atoms with E-state index in [0.717, 1.165) is 21.4 Å². The van der Waals surface area contributed by atoms with Gasteiger partial charge in [-0.05, 0) is 71.0 Å². The molecule has 0 radical (unpaired) electrons. The highest BCUT2D eigenvalue weighted by Gasteiger charge is 2.09. The van der Waals surface area contributed by atoms with Crippen molar-refractivity contribution in [1.82, 2.24) is 15.2 Å². The minimum Gasteiger partial charge on any atom is -0.486 e. The summed E-state index contributed by atoms with van der Waals surface area (Å²) in [5, 5.41) is 10.3. The van der Waals surface area contributed by atoms with Crippen LogP contribution in [0.4, 0.5) is 5.69 Å². The molecule has 0 unspecified atom stereocenters. The van der Waals surface area contributed by atoms with E-state index in [1.165, 1.54) is 17.3 Å². The summed E-state index contributed by atoms with van der Waals surface area (Å²) in [5.41, 5.74) is 2.04. The molecule has 0 bridgehead atoms. The summed E-state index contributed by atoms with van der Waals surface area (Å²) in [6.07, 6.45) is 1.00. The van der Waals surface area contributed by atoms with Gasteiger partial charge in [-0.15, -0.1) is 5.10 Å². The van der Waals surface area contributed by atoms with Crippen LogP contribution in [-0.4, -0.2) is 26.8 Å². The van der Waals surface area contributed by atoms with Gasteiger partial charge in [-0.1, -0.05) is 30.8 Å². The molecule has 1 aromatic heterocycles. The number of aromatic amines is 1. The summed E-state index contributed by atoms with van der Waals surface area (Å²) < 4.78 is 6.82. The van der Waals surface area contributed by atoms with E-state index in [4.69, 9.17) is 4.74 Å². The Morgan fingerprint density at radius 1 is 1.19 bits per heavy atom. The fourth-order valence-corrected chi connectivity index (χ4v) is 3.22. The molecule has 1 heterocycles. The van der Waals surface area contributed by atoms with Crippen LogP contribution in [-0.2, 0) is 17.8 Å². The number of benzene rings is 2. The lowest BCUT2D eigenvalue weighted by Gasteiger charge is -2.04. The summed E-state index contributed by atoms with van der Waals surface area (Å²) in [5.74, 6) is 1.55. The van der Waals surface area contributed by atoms with E-state index in [9.17, 15) is 4.79 Å². The zero-order chi connectivity index (χ0) is 19.1. The standard InChI is InChI=1S/C19H19IN4O2S/c1-2-13-3-9-16(10-4-13)26-11-17-22-19(24-23-17)27-12-18(25)21-15-7-5-14(20)6-8-15/h3-10H,2,11-12H2,1H3,(H,21,25)(H,22,23,24). The Labute approximate surface area is 175 Å². The molecule has 3 rings (SSSR count). The predicted octanol–water partition coefficient (Wildman–Crippen LogP) is 4.28. The normalized spacial score (nSPS) is 10.6. The number of carbonyl (C=O) groups excluding carboxylic acids is 1. The number of halogens is 1. The monoisotopic (exact) mass is 494 g/mol. The molecule has 2 N–H and O–H groups in total. The smallest absolute Gasteiger partial charge is 0.234 e. The van der Waals surface area contributed by atoms with Crippen LogP contribution in [0.25, 0.3) is 0 Å². The van der Waals surface area contributed by atoms with Gasteiger partial charge in [0.1, 0.15) is 12.4 Å². The third kappa shape index (κ3) is 6.24. The zero-order valence-electron chi connectivity index (χ0n) is 14.7. The maximum Gasteiger partial charge on any atom is 0.234 e. The number of anilines is 1. The van der Waals surface area contributed by atoms with Crippen molar-refractivity contribution in [2.24, 2.45) is 0 Å². The Morgan fingerprint density at radius 3 is 2.63 bits per heavy atom. The topological polar surface area (TPSA) is 79.9 Å². The number of amides is 1. The van der Waals surface area contributed by atoms with E-state index in [1.54, 1.807) is 0 Å². The molecule has 3 aromatic rings. The number of ether oxygens (including phenoxy) is 1. The lowest BCUT2D eigenvalue weighted by molar-refractivity contribution is -0.113. The minimum absolute atomic E-state index is 0.0974. The van der Waals surface area contributed by atoms with Crippen LogP contribution in [0, 0.1) is 3.57 Å². The number of hydrogen-bond donors (Lipinski definition) is 2. The van der Waals surface area contributed by atoms with Crippen LogP contribution < -0.4 is 10.1 Å². The van der Waals surface area contributed by atoms with Crippen molar-refractivity contribution < 1.29 is 9.53 Å². The summed E-state index contributed by atoms with van der Waals surface area (Å²) in [4.78, 5) is 16.4. The van der Waals surface area contributed by atoms with Gasteiger partial charge in [-0.25, -0.2) is 4.98 Å². The number of aromatic nitrogens is 3. The van der Waals surface area contributed by atoms with Crippen LogP contribution >= 0.6 is 34.4 Å². The van der Waals surface area contributed by atoms with Crippen LogP contribution in [0.3, 0.4) is 0 Å². The molecule has 0 aliphatic carbocycles. The van der Waals surface area contributed by atoms with Crippen molar-refractivity contribution in [3.05, 3.63) is 63.5 Å². The van der Waals surface area contributed by atoms with Gasteiger partial charge >= 0.3 is 0 Å². The number of nitrogens with zero attached hydrogens (tertiary/aromatic N) is 2. The van der Waals surface area contributed by atoms with E-state index in [0.29, 0.717) is 17.6 Å². The Balaban J connectivity index is 1.44. The molecule has 0 aliphatic heterocycles. The molecule has 0 saturated carbocycles. The summed E-state index contributed by atoms with van der Waals surface area (Å²) >= 11 is 3.50. The van der Waals surface area contributed by atoms with Crippen molar-refractivity contribution in [2.75, 3.05) is 11.1 Å². The van der Waals surface area contributed by atoms with Gasteiger partial charge in [0.15, 0.2) is 5.82 Å². The van der Waals surface area contributed by atoms with E-state index >= 15 is 0 Å². The third-order valence-corrected chi connectivity index (χ3v) is 5.25. The number of hydrogen-bond acceptors (Lipinski definition) is 5. The SMILES string of the molecule is CCc1ccc(OCc2nc(SCC(=O)Nc3ccc(I)cc3)n[nH]2)cc1. The molecular weight excluding hydrogens is 475 g/mol. The fourth-order valence-electron chi connectivity index (χ4n) is 2.24. The van der Waals surface area contributed by atoms with Crippen LogP contribution in [0.5, 0.6) is 5.75 Å². The number of rotatable bonds is 8. The molecule has 8 heteroatoms. The van der Waals surface area contributed by atoms with Gasteiger partial charge in [0.25, 0.3) is 0 Å². The molecule has 0 fully saturated rings. The maximum atomic E-state index is 12.0. The van der Waals surface area contributed by atoms with Gasteiger partial charge in [0, 0.05) is 9.26 Å². The van der Waals surface area contributed by atoms with Crippen LogP contribution in [0.15, 0.2) is 53.7 Å². The molecule has 0 spiro atoms. The average molecular weight is 494 g/mol. The number of aryl methyl sites for hydroxylation is 1. The zero-order valence-corrected chi connectivity index (χ0v) is 17.7. The molecule has 6 nitrogen and oxygen atoms in total. The Hall–Kier alpha value is -2.07. The Kier molecular flexibility index (Phi) is 7.11. The average Bonchev–Trinajstić information content (AvgIpc) is 3.15. The molecule has 1 amide bonds. The first-order valence-electron chi connectivity index (χ1n) is 8.43. The summed E-state index contributed by atoms with van der Waals surface area (Å²) in [6.45, 7) is 2.41. The van der Waals surface area contributed by atoms with E-state index in [2.05, 4.69) is 50.0 Å². The van der Waals surface area contributed by atoms with E-state index in [-0.39, 0.29) is 11.7 Å². The second-order valence-corrected chi connectivity index (χ2v) is 7.88. The van der Waals surface area contributed by atoms with Crippen LogP contribution in [0.2, 0.25) is 0 Å². The molecular formula is C19H19IN4O2S. The first-order valence-corrected chi connectivity index (χ1v) is 10.5. The van der Waals surface area contributed by atoms with Gasteiger partial charge < -0.3 is 10.1 Å². The molecule has 0 saturated heterocycles. The first kappa shape index (κ1) is 19.7. The predicted molar refractivity (Wildman–Crippen MR) is 115 cm³/mol. The molecule has 27 heavy (non-hydrogen) atoms. The lowest BCUT2D eigenvalue weighted by atomic mass is 10.2. The van der Waals surface area contributed by atoms with Crippen molar-refractivity contribution in [3.63, 3.8) is 0 Å². The van der Waals surface area contributed by atoms with Gasteiger partial charge in [0.2, 0.25) is 11.1 Å². The third-order valence-electron chi connectivity index (χ3n) is 3.68. The molecule has 0 atom stereocenters. The maximum absolute atomic E-state index is 12.0.